The molecule has 0 aliphatic carbocycles. The van der Waals surface area contributed by atoms with Crippen molar-refractivity contribution in [1.29, 1.82) is 0 Å². The smallest absolute Gasteiger partial charge is 0.249 e. The zero-order valence-electron chi connectivity index (χ0n) is 12.1. The minimum Gasteiger partial charge on any atom is -0.249 e. The Morgan fingerprint density at radius 2 is 1.45 bits per heavy atom. The van der Waals surface area contributed by atoms with Gasteiger partial charge in [-0.2, -0.15) is 0 Å². The lowest BCUT2D eigenvalue weighted by Crippen LogP contribution is -1.85. The molecule has 0 saturated heterocycles. The van der Waals surface area contributed by atoms with Crippen molar-refractivity contribution in [3.63, 3.8) is 0 Å². The van der Waals surface area contributed by atoms with Crippen LogP contribution in [0.15, 0.2) is 70.9 Å². The van der Waals surface area contributed by atoms with Gasteiger partial charge in [0.1, 0.15) is 0 Å². The maximum atomic E-state index is 12.4. The molecule has 1 atom stereocenters. The summed E-state index contributed by atoms with van der Waals surface area (Å²) in [5.74, 6) is 0. The topological polar surface area (TPSA) is 30.2 Å². The highest BCUT2D eigenvalue weighted by molar-refractivity contribution is 7.37. The molecule has 0 bridgehead atoms. The minimum atomic E-state index is -1.86. The molecular weight excluding hydrogens is 291 g/mol. The third kappa shape index (κ3) is 1.96. The van der Waals surface area contributed by atoms with Crippen molar-refractivity contribution in [2.75, 3.05) is 0 Å². The monoisotopic (exact) mass is 305 g/mol. The first-order valence-corrected chi connectivity index (χ1v) is 8.37. The summed E-state index contributed by atoms with van der Waals surface area (Å²) in [6.07, 6.45) is 0. The van der Waals surface area contributed by atoms with Crippen LogP contribution < -0.4 is 0 Å². The number of hydrogen-bond acceptors (Lipinski definition) is 2. The van der Waals surface area contributed by atoms with E-state index in [1.54, 1.807) is 0 Å². The van der Waals surface area contributed by atoms with Gasteiger partial charge >= 0.3 is 7.65 Å². The van der Waals surface area contributed by atoms with Gasteiger partial charge in [0.2, 0.25) is 10.7 Å². The van der Waals surface area contributed by atoms with E-state index in [-0.39, 0.29) is 0 Å². The van der Waals surface area contributed by atoms with Gasteiger partial charge in [-0.3, -0.25) is 0 Å². The summed E-state index contributed by atoms with van der Waals surface area (Å²) < 4.78 is 18.3. The van der Waals surface area contributed by atoms with E-state index in [4.69, 9.17) is 4.20 Å². The van der Waals surface area contributed by atoms with Crippen molar-refractivity contribution in [3.8, 4) is 11.1 Å². The Labute approximate surface area is 128 Å². The summed E-state index contributed by atoms with van der Waals surface area (Å²) in [7, 11) is -1.86. The van der Waals surface area contributed by atoms with Crippen molar-refractivity contribution >= 4 is 29.1 Å². The predicted octanol–water partition coefficient (Wildman–Crippen LogP) is 6.30. The van der Waals surface area contributed by atoms with Crippen LogP contribution in [0.5, 0.6) is 0 Å². The van der Waals surface area contributed by atoms with Gasteiger partial charge < -0.3 is 0 Å². The third-order valence-corrected chi connectivity index (χ3v) is 5.15. The van der Waals surface area contributed by atoms with Crippen LogP contribution in [-0.2, 0) is 4.57 Å². The second-order valence-corrected chi connectivity index (χ2v) is 6.54. The fourth-order valence-corrected chi connectivity index (χ4v) is 3.99. The summed E-state index contributed by atoms with van der Waals surface area (Å²) in [6.45, 7) is 2.07. The quantitative estimate of drug-likeness (QED) is 0.386. The summed E-state index contributed by atoms with van der Waals surface area (Å²) in [5, 5.41) is 2.78. The Kier molecular flexibility index (Phi) is 3.06. The number of benzene rings is 3. The Bertz CT molecular complexity index is 1060. The zero-order valence-corrected chi connectivity index (χ0v) is 13.0. The zero-order chi connectivity index (χ0) is 15.1. The van der Waals surface area contributed by atoms with Crippen molar-refractivity contribution in [2.24, 2.45) is 0 Å². The first kappa shape index (κ1) is 13.2. The fraction of sp³-hybridized carbons (Fsp3) is 0.0526. The van der Waals surface area contributed by atoms with Crippen LogP contribution in [0.4, 0.5) is 0 Å². The Hall–Kier alpha value is -2.44. The summed E-state index contributed by atoms with van der Waals surface area (Å²) in [6, 6.07) is 22.0. The Morgan fingerprint density at radius 3 is 2.32 bits per heavy atom. The molecule has 1 heterocycles. The van der Waals surface area contributed by atoms with E-state index in [2.05, 4.69) is 19.1 Å². The molecule has 3 aromatic carbocycles. The van der Waals surface area contributed by atoms with Gasteiger partial charge in [-0.1, -0.05) is 54.6 Å². The molecule has 0 saturated carbocycles. The molecule has 0 aliphatic heterocycles. The van der Waals surface area contributed by atoms with Gasteiger partial charge in [-0.15, -0.1) is 0 Å². The molecule has 0 N–H and O–H groups in total. The molecule has 3 heteroatoms. The first-order chi connectivity index (χ1) is 10.8. The van der Waals surface area contributed by atoms with E-state index in [1.807, 2.05) is 54.6 Å². The molecule has 1 unspecified atom stereocenters. The fourth-order valence-electron chi connectivity index (χ4n) is 2.93. The standard InChI is InChI=1S/C19H14O2P/c1-13-7-2-3-8-14(13)16-10-6-11-17-15-9-4-5-12-18(15)22(20)21-19(16)17/h2-12H,1H3/q+1. The number of rotatable bonds is 1. The van der Waals surface area contributed by atoms with Crippen LogP contribution in [0.25, 0.3) is 32.6 Å². The van der Waals surface area contributed by atoms with Gasteiger partial charge in [0.25, 0.3) is 0 Å². The molecule has 0 aliphatic rings. The predicted molar refractivity (Wildman–Crippen MR) is 91.5 cm³/mol. The second kappa shape index (κ2) is 5.08. The molecule has 0 radical (unpaired) electrons. The molecule has 22 heavy (non-hydrogen) atoms. The van der Waals surface area contributed by atoms with Crippen LogP contribution in [0.1, 0.15) is 5.56 Å². The number of aryl methyl sites for hydroxylation is 1. The van der Waals surface area contributed by atoms with Crippen molar-refractivity contribution < 1.29 is 8.76 Å². The van der Waals surface area contributed by atoms with Crippen LogP contribution in [-0.4, -0.2) is 0 Å². The van der Waals surface area contributed by atoms with Crippen molar-refractivity contribution in [3.05, 3.63) is 72.3 Å². The van der Waals surface area contributed by atoms with Crippen LogP contribution in [0.2, 0.25) is 0 Å². The van der Waals surface area contributed by atoms with E-state index < -0.39 is 7.65 Å². The normalized spacial score (nSPS) is 12.0. The van der Waals surface area contributed by atoms with Crippen molar-refractivity contribution in [2.45, 2.75) is 6.92 Å². The molecule has 2 nitrogen and oxygen atoms in total. The number of para-hydroxylation sites is 1. The highest BCUT2D eigenvalue weighted by Crippen LogP contribution is 2.39. The molecule has 4 rings (SSSR count). The van der Waals surface area contributed by atoms with Gasteiger partial charge in [-0.25, -0.2) is 4.20 Å². The molecular formula is C19H14O2P+. The Morgan fingerprint density at radius 1 is 0.773 bits per heavy atom. The highest BCUT2D eigenvalue weighted by atomic mass is 31.1. The highest BCUT2D eigenvalue weighted by Gasteiger charge is 2.19. The van der Waals surface area contributed by atoms with E-state index in [1.165, 1.54) is 5.56 Å². The lowest BCUT2D eigenvalue weighted by Gasteiger charge is -2.07. The average molecular weight is 305 g/mol. The maximum absolute atomic E-state index is 12.4. The molecule has 106 valence electrons. The molecule has 0 spiro atoms. The third-order valence-electron chi connectivity index (χ3n) is 4.02. The summed E-state index contributed by atoms with van der Waals surface area (Å²) >= 11 is 0. The van der Waals surface area contributed by atoms with Gasteiger partial charge in [0, 0.05) is 16.3 Å². The van der Waals surface area contributed by atoms with Crippen LogP contribution >= 0.6 is 7.65 Å². The van der Waals surface area contributed by atoms with Gasteiger partial charge in [0.05, 0.1) is 0 Å². The number of fused-ring (bicyclic) bond motifs is 3. The van der Waals surface area contributed by atoms with E-state index in [0.29, 0.717) is 0 Å². The number of hydrogen-bond donors (Lipinski definition) is 0. The van der Waals surface area contributed by atoms with E-state index in [0.717, 1.165) is 32.6 Å². The molecule has 0 fully saturated rings. The second-order valence-electron chi connectivity index (χ2n) is 5.36. The van der Waals surface area contributed by atoms with Gasteiger partial charge in [0.15, 0.2) is 0 Å². The summed E-state index contributed by atoms with van der Waals surface area (Å²) in [5.41, 5.74) is 4.00. The van der Waals surface area contributed by atoms with Gasteiger partial charge in [-0.05, 0) is 34.7 Å². The molecule has 0 amide bonds. The molecule has 1 aromatic heterocycles. The van der Waals surface area contributed by atoms with Crippen molar-refractivity contribution in [1.82, 2.24) is 0 Å². The SMILES string of the molecule is Cc1ccccc1-c1cccc2c1o[p+](=O)c1ccccc21. The minimum absolute atomic E-state index is 0.719. The first-order valence-electron chi connectivity index (χ1n) is 7.19. The maximum Gasteiger partial charge on any atom is 0.597 e. The summed E-state index contributed by atoms with van der Waals surface area (Å²) in [4.78, 5) is 0. The lowest BCUT2D eigenvalue weighted by molar-refractivity contribution is 0.563. The molecule has 4 aromatic rings. The van der Waals surface area contributed by atoms with Crippen LogP contribution in [0, 0.1) is 6.92 Å². The van der Waals surface area contributed by atoms with E-state index >= 15 is 0 Å². The average Bonchev–Trinajstić information content (AvgIpc) is 2.55. The largest absolute Gasteiger partial charge is 0.597 e. The van der Waals surface area contributed by atoms with E-state index in [9.17, 15) is 4.57 Å². The Balaban J connectivity index is 2.19. The van der Waals surface area contributed by atoms with Crippen LogP contribution in [0.3, 0.4) is 0 Å². The lowest BCUT2D eigenvalue weighted by atomic mass is 9.98.